The molecule has 0 unspecified atom stereocenters. The highest BCUT2D eigenvalue weighted by Crippen LogP contribution is 2.08. The van der Waals surface area contributed by atoms with Gasteiger partial charge < -0.3 is 10.2 Å². The fourth-order valence-electron chi connectivity index (χ4n) is 1.93. The van der Waals surface area contributed by atoms with E-state index < -0.39 is 0 Å². The average Bonchev–Trinajstić information content (AvgIpc) is 2.49. The van der Waals surface area contributed by atoms with E-state index in [0.29, 0.717) is 6.61 Å². The lowest BCUT2D eigenvalue weighted by Gasteiger charge is -2.09. The third-order valence-electron chi connectivity index (χ3n) is 2.91. The molecular weight excluding hydrogens is 248 g/mol. The summed E-state index contributed by atoms with van der Waals surface area (Å²) in [5.41, 5.74) is 9.93. The van der Waals surface area contributed by atoms with Gasteiger partial charge in [-0.05, 0) is 29.7 Å². The summed E-state index contributed by atoms with van der Waals surface area (Å²) in [6.45, 7) is 4.40. The average molecular weight is 270 g/mol. The van der Waals surface area contributed by atoms with Crippen LogP contribution in [0, 0.1) is 0 Å². The molecule has 2 N–H and O–H groups in total. The Kier molecular flexibility index (Phi) is 6.08. The summed E-state index contributed by atoms with van der Waals surface area (Å²) in [6.07, 6.45) is 1.06. The van der Waals surface area contributed by atoms with Gasteiger partial charge in [0.05, 0.1) is 6.61 Å². The second kappa shape index (κ2) is 8.35. The Morgan fingerprint density at radius 1 is 0.950 bits per heavy atom. The highest BCUT2D eigenvalue weighted by Gasteiger charge is 1.97. The molecule has 2 rings (SSSR count). The van der Waals surface area contributed by atoms with Crippen LogP contribution in [0.15, 0.2) is 54.6 Å². The fraction of sp³-hybridized carbons (Fsp3) is 0.294. The molecule has 0 heterocycles. The second-order valence-electron chi connectivity index (χ2n) is 4.72. The van der Waals surface area contributed by atoms with Gasteiger partial charge in [0.2, 0.25) is 0 Å². The Balaban J connectivity index is 1.79. The van der Waals surface area contributed by atoms with Crippen LogP contribution in [-0.4, -0.2) is 6.61 Å². The minimum atomic E-state index is 0.688. The summed E-state index contributed by atoms with van der Waals surface area (Å²) in [6, 6.07) is 18.5. The molecule has 0 saturated carbocycles. The molecule has 0 amide bonds. The molecule has 0 aromatic heterocycles. The van der Waals surface area contributed by atoms with Crippen molar-refractivity contribution < 1.29 is 4.74 Å². The first-order chi connectivity index (χ1) is 9.88. The van der Waals surface area contributed by atoms with Gasteiger partial charge in [-0.3, -0.25) is 0 Å². The van der Waals surface area contributed by atoms with Crippen LogP contribution < -0.4 is 10.9 Å². The molecule has 0 radical (unpaired) electrons. The quantitative estimate of drug-likeness (QED) is 0.566. The van der Waals surface area contributed by atoms with Crippen molar-refractivity contribution in [2.45, 2.75) is 26.5 Å². The smallest absolute Gasteiger partial charge is 0.0716 e. The van der Waals surface area contributed by atoms with Crippen LogP contribution in [-0.2, 0) is 17.9 Å². The lowest BCUT2D eigenvalue weighted by Crippen LogP contribution is -2.20. The van der Waals surface area contributed by atoms with Crippen LogP contribution in [0.25, 0.3) is 0 Å². The van der Waals surface area contributed by atoms with E-state index >= 15 is 0 Å². The van der Waals surface area contributed by atoms with Crippen LogP contribution in [0.5, 0.6) is 0 Å². The summed E-state index contributed by atoms with van der Waals surface area (Å²) >= 11 is 0. The Hall–Kier alpha value is -1.84. The van der Waals surface area contributed by atoms with Crippen molar-refractivity contribution in [1.82, 2.24) is 5.43 Å². The van der Waals surface area contributed by atoms with Crippen molar-refractivity contribution in [3.05, 3.63) is 65.7 Å². The van der Waals surface area contributed by atoms with Gasteiger partial charge in [0.1, 0.15) is 0 Å². The minimum absolute atomic E-state index is 0.688. The van der Waals surface area contributed by atoms with Gasteiger partial charge in [-0.25, -0.2) is 5.43 Å². The van der Waals surface area contributed by atoms with Gasteiger partial charge in [0, 0.05) is 18.8 Å². The van der Waals surface area contributed by atoms with Crippen molar-refractivity contribution >= 4 is 5.69 Å². The third kappa shape index (κ3) is 5.03. The van der Waals surface area contributed by atoms with Crippen molar-refractivity contribution in [3.8, 4) is 0 Å². The molecule has 20 heavy (non-hydrogen) atoms. The molecule has 2 aromatic carbocycles. The summed E-state index contributed by atoms with van der Waals surface area (Å²) in [5, 5.41) is 0. The molecule has 0 atom stereocenters. The van der Waals surface area contributed by atoms with Crippen molar-refractivity contribution in [1.29, 1.82) is 0 Å². The standard InChI is InChI=1S/C17H22N2O/c1-2-11-20-14-16-8-6-7-15(12-16)13-18-19-17-9-4-3-5-10-17/h3-10,12,18-19H,2,11,13-14H2,1H3. The van der Waals surface area contributed by atoms with E-state index in [0.717, 1.165) is 25.3 Å². The molecule has 0 saturated heterocycles. The maximum absolute atomic E-state index is 5.56. The number of hydrogen-bond acceptors (Lipinski definition) is 3. The number of ether oxygens (including phenoxy) is 1. The largest absolute Gasteiger partial charge is 0.377 e. The van der Waals surface area contributed by atoms with Crippen molar-refractivity contribution in [3.63, 3.8) is 0 Å². The summed E-state index contributed by atoms with van der Waals surface area (Å²) in [5.74, 6) is 0. The maximum atomic E-state index is 5.56. The number of para-hydroxylation sites is 1. The second-order valence-corrected chi connectivity index (χ2v) is 4.72. The molecule has 2 aromatic rings. The van der Waals surface area contributed by atoms with Gasteiger partial charge in [0.15, 0.2) is 0 Å². The van der Waals surface area contributed by atoms with Gasteiger partial charge in [0.25, 0.3) is 0 Å². The SMILES string of the molecule is CCCOCc1cccc(CNNc2ccccc2)c1. The molecule has 3 nitrogen and oxygen atoms in total. The zero-order valence-corrected chi connectivity index (χ0v) is 11.9. The van der Waals surface area contributed by atoms with Crippen LogP contribution in [0.4, 0.5) is 5.69 Å². The number of anilines is 1. The zero-order chi connectivity index (χ0) is 14.0. The molecular formula is C17H22N2O. The van der Waals surface area contributed by atoms with E-state index in [1.54, 1.807) is 0 Å². The number of hydrogen-bond donors (Lipinski definition) is 2. The maximum Gasteiger partial charge on any atom is 0.0716 e. The van der Waals surface area contributed by atoms with Gasteiger partial charge in [-0.15, -0.1) is 0 Å². The molecule has 0 spiro atoms. The third-order valence-corrected chi connectivity index (χ3v) is 2.91. The van der Waals surface area contributed by atoms with Crippen LogP contribution in [0.2, 0.25) is 0 Å². The number of nitrogens with one attached hydrogen (secondary N) is 2. The topological polar surface area (TPSA) is 33.3 Å². The first kappa shape index (κ1) is 14.6. The van der Waals surface area contributed by atoms with Gasteiger partial charge in [-0.2, -0.15) is 0 Å². The van der Waals surface area contributed by atoms with E-state index in [1.165, 1.54) is 11.1 Å². The number of rotatable bonds is 8. The Morgan fingerprint density at radius 2 is 1.75 bits per heavy atom. The molecule has 0 aliphatic heterocycles. The summed E-state index contributed by atoms with van der Waals surface area (Å²) in [4.78, 5) is 0. The molecule has 0 bridgehead atoms. The molecule has 3 heteroatoms. The Morgan fingerprint density at radius 3 is 2.55 bits per heavy atom. The van der Waals surface area contributed by atoms with Crippen LogP contribution >= 0.6 is 0 Å². The molecule has 0 aliphatic rings. The predicted octanol–water partition coefficient (Wildman–Crippen LogP) is 3.73. The normalized spacial score (nSPS) is 10.4. The Bertz CT molecular complexity index is 499. The Labute approximate surface area is 120 Å². The lowest BCUT2D eigenvalue weighted by atomic mass is 10.1. The molecule has 0 aliphatic carbocycles. The van der Waals surface area contributed by atoms with Gasteiger partial charge in [-0.1, -0.05) is 49.4 Å². The lowest BCUT2D eigenvalue weighted by molar-refractivity contribution is 0.121. The van der Waals surface area contributed by atoms with E-state index in [-0.39, 0.29) is 0 Å². The van der Waals surface area contributed by atoms with E-state index in [9.17, 15) is 0 Å². The monoisotopic (exact) mass is 270 g/mol. The number of benzene rings is 2. The molecule has 106 valence electrons. The van der Waals surface area contributed by atoms with E-state index in [2.05, 4.69) is 42.0 Å². The highest BCUT2D eigenvalue weighted by atomic mass is 16.5. The van der Waals surface area contributed by atoms with Crippen LogP contribution in [0.1, 0.15) is 24.5 Å². The summed E-state index contributed by atoms with van der Waals surface area (Å²) < 4.78 is 5.56. The van der Waals surface area contributed by atoms with Crippen molar-refractivity contribution in [2.75, 3.05) is 12.0 Å². The summed E-state index contributed by atoms with van der Waals surface area (Å²) in [7, 11) is 0. The zero-order valence-electron chi connectivity index (χ0n) is 11.9. The van der Waals surface area contributed by atoms with E-state index in [4.69, 9.17) is 4.74 Å². The first-order valence-corrected chi connectivity index (χ1v) is 7.08. The van der Waals surface area contributed by atoms with E-state index in [1.807, 2.05) is 30.3 Å². The fourth-order valence-corrected chi connectivity index (χ4v) is 1.93. The molecule has 0 fully saturated rings. The predicted molar refractivity (Wildman–Crippen MR) is 83.3 cm³/mol. The van der Waals surface area contributed by atoms with Crippen LogP contribution in [0.3, 0.4) is 0 Å². The minimum Gasteiger partial charge on any atom is -0.377 e. The number of hydrazine groups is 1. The first-order valence-electron chi connectivity index (χ1n) is 7.08. The van der Waals surface area contributed by atoms with Crippen molar-refractivity contribution in [2.24, 2.45) is 0 Å². The highest BCUT2D eigenvalue weighted by molar-refractivity contribution is 5.41. The van der Waals surface area contributed by atoms with Gasteiger partial charge >= 0.3 is 0 Å².